The van der Waals surface area contributed by atoms with Gasteiger partial charge < -0.3 is 10.2 Å². The summed E-state index contributed by atoms with van der Waals surface area (Å²) in [5, 5.41) is 3.10. The first-order valence-corrected chi connectivity index (χ1v) is 9.76. The molecule has 0 radical (unpaired) electrons. The summed E-state index contributed by atoms with van der Waals surface area (Å²) in [6.45, 7) is 2.93. The second-order valence-electron chi connectivity index (χ2n) is 7.33. The van der Waals surface area contributed by atoms with E-state index in [0.29, 0.717) is 17.2 Å². The van der Waals surface area contributed by atoms with Crippen LogP contribution in [-0.2, 0) is 0 Å². The van der Waals surface area contributed by atoms with Gasteiger partial charge in [-0.2, -0.15) is 0 Å². The summed E-state index contributed by atoms with van der Waals surface area (Å²) < 4.78 is 0. The van der Waals surface area contributed by atoms with Gasteiger partial charge in [0.2, 0.25) is 0 Å². The maximum Gasteiger partial charge on any atom is 0.255 e. The maximum atomic E-state index is 12.9. The number of carbonyl (C=O) groups is 2. The number of amides is 2. The fourth-order valence-corrected chi connectivity index (χ4v) is 4.05. The zero-order valence-corrected chi connectivity index (χ0v) is 15.2. The molecule has 0 aromatic carbocycles. The first kappa shape index (κ1) is 17.9. The number of carbonyl (C=O) groups excluding carboxylic acids is 2. The summed E-state index contributed by atoms with van der Waals surface area (Å²) in [7, 11) is 0. The summed E-state index contributed by atoms with van der Waals surface area (Å²) in [5.74, 6) is -0.105. The van der Waals surface area contributed by atoms with Crippen LogP contribution >= 0.6 is 0 Å². The highest BCUT2D eigenvalue weighted by Crippen LogP contribution is 2.22. The maximum absolute atomic E-state index is 12.9. The third-order valence-electron chi connectivity index (χ3n) is 5.55. The summed E-state index contributed by atoms with van der Waals surface area (Å²) in [6, 6.07) is 2.27. The molecule has 1 saturated heterocycles. The van der Waals surface area contributed by atoms with Crippen molar-refractivity contribution in [1.29, 1.82) is 0 Å². The van der Waals surface area contributed by atoms with Crippen molar-refractivity contribution < 1.29 is 9.59 Å². The first-order chi connectivity index (χ1) is 12.2. The van der Waals surface area contributed by atoms with E-state index in [4.69, 9.17) is 0 Å². The van der Waals surface area contributed by atoms with Gasteiger partial charge in [0.25, 0.3) is 11.8 Å². The second kappa shape index (κ2) is 8.45. The van der Waals surface area contributed by atoms with Gasteiger partial charge >= 0.3 is 0 Å². The SMILES string of the molecule is CCC1CCCCN1C(=O)c1cncc(C(=O)NC2CCCCC2)c1. The van der Waals surface area contributed by atoms with E-state index in [-0.39, 0.29) is 17.9 Å². The fourth-order valence-electron chi connectivity index (χ4n) is 4.05. The predicted molar refractivity (Wildman–Crippen MR) is 97.5 cm³/mol. The molecule has 1 N–H and O–H groups in total. The molecule has 1 unspecified atom stereocenters. The molecule has 1 aliphatic carbocycles. The van der Waals surface area contributed by atoms with E-state index in [2.05, 4.69) is 17.2 Å². The van der Waals surface area contributed by atoms with Crippen LogP contribution in [0, 0.1) is 0 Å². The Labute approximate surface area is 150 Å². The van der Waals surface area contributed by atoms with Crippen molar-refractivity contribution in [3.63, 3.8) is 0 Å². The Kier molecular flexibility index (Phi) is 6.05. The Morgan fingerprint density at radius 1 is 1.08 bits per heavy atom. The predicted octanol–water partition coefficient (Wildman–Crippen LogP) is 3.55. The average Bonchev–Trinajstić information content (AvgIpc) is 2.68. The van der Waals surface area contributed by atoms with Crippen LogP contribution < -0.4 is 5.32 Å². The van der Waals surface area contributed by atoms with Crippen molar-refractivity contribution in [1.82, 2.24) is 15.2 Å². The van der Waals surface area contributed by atoms with Crippen LogP contribution in [0.4, 0.5) is 0 Å². The molecule has 136 valence electrons. The molecule has 25 heavy (non-hydrogen) atoms. The van der Waals surface area contributed by atoms with Crippen LogP contribution in [0.5, 0.6) is 0 Å². The third-order valence-corrected chi connectivity index (χ3v) is 5.55. The van der Waals surface area contributed by atoms with Gasteiger partial charge in [0.05, 0.1) is 11.1 Å². The molecular weight excluding hydrogens is 314 g/mol. The summed E-state index contributed by atoms with van der Waals surface area (Å²) in [5.41, 5.74) is 1.01. The molecule has 1 saturated carbocycles. The highest BCUT2D eigenvalue weighted by Gasteiger charge is 2.27. The topological polar surface area (TPSA) is 62.3 Å². The van der Waals surface area contributed by atoms with E-state index in [1.165, 1.54) is 25.7 Å². The number of nitrogens with zero attached hydrogens (tertiary/aromatic N) is 2. The van der Waals surface area contributed by atoms with Crippen molar-refractivity contribution in [3.8, 4) is 0 Å². The number of piperidine rings is 1. The minimum Gasteiger partial charge on any atom is -0.349 e. The van der Waals surface area contributed by atoms with Crippen molar-refractivity contribution in [2.75, 3.05) is 6.54 Å². The largest absolute Gasteiger partial charge is 0.349 e. The monoisotopic (exact) mass is 343 g/mol. The van der Waals surface area contributed by atoms with E-state index < -0.39 is 0 Å². The van der Waals surface area contributed by atoms with Gasteiger partial charge in [-0.05, 0) is 44.6 Å². The van der Waals surface area contributed by atoms with Crippen LogP contribution in [0.15, 0.2) is 18.5 Å². The number of hydrogen-bond acceptors (Lipinski definition) is 3. The molecule has 1 aromatic heterocycles. The lowest BCUT2D eigenvalue weighted by molar-refractivity contribution is 0.0607. The van der Waals surface area contributed by atoms with Crippen LogP contribution in [0.2, 0.25) is 0 Å². The normalized spacial score (nSPS) is 21.8. The Bertz CT molecular complexity index is 611. The zero-order chi connectivity index (χ0) is 17.6. The van der Waals surface area contributed by atoms with E-state index in [1.54, 1.807) is 18.5 Å². The molecule has 2 aliphatic rings. The molecule has 2 fully saturated rings. The summed E-state index contributed by atoms with van der Waals surface area (Å²) in [6.07, 6.45) is 13.1. The fraction of sp³-hybridized carbons (Fsp3) is 0.650. The molecule has 1 aromatic rings. The molecule has 0 bridgehead atoms. The number of rotatable bonds is 4. The number of likely N-dealkylation sites (tertiary alicyclic amines) is 1. The lowest BCUT2D eigenvalue weighted by Crippen LogP contribution is -2.43. The standard InChI is InChI=1S/C20H29N3O2/c1-2-18-10-6-7-11-23(18)20(25)16-12-15(13-21-14-16)19(24)22-17-8-4-3-5-9-17/h12-14,17-18H,2-11H2,1H3,(H,22,24). The molecule has 0 spiro atoms. The van der Waals surface area contributed by atoms with Gasteiger partial charge in [-0.3, -0.25) is 14.6 Å². The van der Waals surface area contributed by atoms with Crippen molar-refractivity contribution in [3.05, 3.63) is 29.6 Å². The van der Waals surface area contributed by atoms with E-state index >= 15 is 0 Å². The first-order valence-electron chi connectivity index (χ1n) is 9.76. The second-order valence-corrected chi connectivity index (χ2v) is 7.33. The Morgan fingerprint density at radius 3 is 2.56 bits per heavy atom. The summed E-state index contributed by atoms with van der Waals surface area (Å²) in [4.78, 5) is 31.5. The highest BCUT2D eigenvalue weighted by molar-refractivity contribution is 5.99. The van der Waals surface area contributed by atoms with Crippen LogP contribution in [-0.4, -0.2) is 40.3 Å². The number of hydrogen-bond donors (Lipinski definition) is 1. The number of aromatic nitrogens is 1. The minimum atomic E-state index is -0.111. The van der Waals surface area contributed by atoms with E-state index in [0.717, 1.165) is 38.6 Å². The van der Waals surface area contributed by atoms with E-state index in [1.807, 2.05) is 4.90 Å². The third kappa shape index (κ3) is 4.39. The summed E-state index contributed by atoms with van der Waals surface area (Å²) >= 11 is 0. The van der Waals surface area contributed by atoms with Gasteiger partial charge in [-0.15, -0.1) is 0 Å². The van der Waals surface area contributed by atoms with Gasteiger partial charge in [-0.25, -0.2) is 0 Å². The molecule has 2 amide bonds. The molecule has 5 heteroatoms. The van der Waals surface area contributed by atoms with Crippen molar-refractivity contribution in [2.24, 2.45) is 0 Å². The van der Waals surface area contributed by atoms with Gasteiger partial charge in [0.1, 0.15) is 0 Å². The quantitative estimate of drug-likeness (QED) is 0.909. The molecule has 5 nitrogen and oxygen atoms in total. The molecule has 2 heterocycles. The number of nitrogens with one attached hydrogen (secondary N) is 1. The van der Waals surface area contributed by atoms with Crippen LogP contribution in [0.25, 0.3) is 0 Å². The minimum absolute atomic E-state index is 0.00589. The smallest absolute Gasteiger partial charge is 0.255 e. The lowest BCUT2D eigenvalue weighted by atomic mass is 9.95. The molecule has 1 aliphatic heterocycles. The number of pyridine rings is 1. The Morgan fingerprint density at radius 2 is 1.80 bits per heavy atom. The molecular formula is C20H29N3O2. The Hall–Kier alpha value is -1.91. The lowest BCUT2D eigenvalue weighted by Gasteiger charge is -2.35. The van der Waals surface area contributed by atoms with Crippen LogP contribution in [0.3, 0.4) is 0 Å². The van der Waals surface area contributed by atoms with Gasteiger partial charge in [0.15, 0.2) is 0 Å². The average molecular weight is 343 g/mol. The zero-order valence-electron chi connectivity index (χ0n) is 15.2. The van der Waals surface area contributed by atoms with Crippen molar-refractivity contribution >= 4 is 11.8 Å². The van der Waals surface area contributed by atoms with Crippen molar-refractivity contribution in [2.45, 2.75) is 76.8 Å². The van der Waals surface area contributed by atoms with Gasteiger partial charge in [-0.1, -0.05) is 26.2 Å². The van der Waals surface area contributed by atoms with Gasteiger partial charge in [0, 0.05) is 31.0 Å². The van der Waals surface area contributed by atoms with Crippen LogP contribution in [0.1, 0.15) is 85.4 Å². The molecule has 3 rings (SSSR count). The van der Waals surface area contributed by atoms with E-state index in [9.17, 15) is 9.59 Å². The Balaban J connectivity index is 1.69. The highest BCUT2D eigenvalue weighted by atomic mass is 16.2. The molecule has 1 atom stereocenters.